The van der Waals surface area contributed by atoms with Crippen molar-refractivity contribution < 1.29 is 4.74 Å². The van der Waals surface area contributed by atoms with Crippen molar-refractivity contribution in [2.24, 2.45) is 5.92 Å². The molecule has 3 nitrogen and oxygen atoms in total. The van der Waals surface area contributed by atoms with Crippen molar-refractivity contribution in [2.45, 2.75) is 25.8 Å². The summed E-state index contributed by atoms with van der Waals surface area (Å²) in [7, 11) is 3.68. The fourth-order valence-corrected chi connectivity index (χ4v) is 1.24. The van der Waals surface area contributed by atoms with Gasteiger partial charge in [0.2, 0.25) is 0 Å². The second-order valence-corrected chi connectivity index (χ2v) is 3.57. The van der Waals surface area contributed by atoms with Crippen molar-refractivity contribution in [2.75, 3.05) is 20.8 Å². The summed E-state index contributed by atoms with van der Waals surface area (Å²) in [4.78, 5) is 2.02. The molecule has 0 saturated heterocycles. The SMILES string of the molecule is COCC(C)N(C)C(=N)C1CC1. The van der Waals surface area contributed by atoms with E-state index in [1.54, 1.807) is 7.11 Å². The third-order valence-electron chi connectivity index (χ3n) is 2.41. The van der Waals surface area contributed by atoms with E-state index in [0.29, 0.717) is 18.6 Å². The standard InChI is InChI=1S/C9H18N2O/c1-7(6-12-3)11(2)9(10)8-4-5-8/h7-8,10H,4-6H2,1-3H3. The van der Waals surface area contributed by atoms with E-state index in [9.17, 15) is 0 Å². The topological polar surface area (TPSA) is 36.3 Å². The number of ether oxygens (including phenoxy) is 1. The summed E-state index contributed by atoms with van der Waals surface area (Å²) in [5, 5.41) is 7.79. The van der Waals surface area contributed by atoms with Crippen LogP contribution in [0.3, 0.4) is 0 Å². The lowest BCUT2D eigenvalue weighted by Gasteiger charge is -2.26. The Morgan fingerprint density at radius 3 is 2.67 bits per heavy atom. The smallest absolute Gasteiger partial charge is 0.0990 e. The molecule has 1 aliphatic carbocycles. The van der Waals surface area contributed by atoms with Crippen LogP contribution in [-0.2, 0) is 4.74 Å². The quantitative estimate of drug-likeness (QED) is 0.510. The molecule has 1 atom stereocenters. The van der Waals surface area contributed by atoms with E-state index in [0.717, 1.165) is 5.84 Å². The molecule has 0 aromatic heterocycles. The Hall–Kier alpha value is -0.570. The maximum atomic E-state index is 7.79. The lowest BCUT2D eigenvalue weighted by Crippen LogP contribution is -2.38. The van der Waals surface area contributed by atoms with Crippen LogP contribution in [0.4, 0.5) is 0 Å². The minimum Gasteiger partial charge on any atom is -0.383 e. The summed E-state index contributed by atoms with van der Waals surface area (Å²) in [5.41, 5.74) is 0. The molecule has 1 saturated carbocycles. The highest BCUT2D eigenvalue weighted by Gasteiger charge is 2.30. The Bertz CT molecular complexity index is 166. The molecule has 1 rings (SSSR count). The van der Waals surface area contributed by atoms with E-state index in [2.05, 4.69) is 6.92 Å². The van der Waals surface area contributed by atoms with Crippen LogP contribution in [0.5, 0.6) is 0 Å². The first kappa shape index (κ1) is 9.52. The number of nitrogens with zero attached hydrogens (tertiary/aromatic N) is 1. The van der Waals surface area contributed by atoms with Crippen LogP contribution >= 0.6 is 0 Å². The Labute approximate surface area is 74.2 Å². The number of rotatable bonds is 4. The van der Waals surface area contributed by atoms with Gasteiger partial charge in [0.1, 0.15) is 0 Å². The van der Waals surface area contributed by atoms with Crippen LogP contribution in [0.25, 0.3) is 0 Å². The molecule has 1 aliphatic rings. The molecule has 0 radical (unpaired) electrons. The second kappa shape index (κ2) is 3.90. The lowest BCUT2D eigenvalue weighted by molar-refractivity contribution is 0.144. The van der Waals surface area contributed by atoms with Crippen molar-refractivity contribution in [3.8, 4) is 0 Å². The first-order chi connectivity index (χ1) is 5.66. The van der Waals surface area contributed by atoms with Crippen molar-refractivity contribution in [3.05, 3.63) is 0 Å². The van der Waals surface area contributed by atoms with Crippen LogP contribution in [-0.4, -0.2) is 37.5 Å². The van der Waals surface area contributed by atoms with Gasteiger partial charge in [-0.15, -0.1) is 0 Å². The monoisotopic (exact) mass is 170 g/mol. The zero-order chi connectivity index (χ0) is 9.14. The molecule has 0 amide bonds. The Balaban J connectivity index is 2.33. The van der Waals surface area contributed by atoms with Crippen molar-refractivity contribution in [1.82, 2.24) is 4.90 Å². The van der Waals surface area contributed by atoms with Crippen LogP contribution in [0.1, 0.15) is 19.8 Å². The third-order valence-corrected chi connectivity index (χ3v) is 2.41. The summed E-state index contributed by atoms with van der Waals surface area (Å²) in [6.07, 6.45) is 2.39. The average molecular weight is 170 g/mol. The molecule has 1 fully saturated rings. The van der Waals surface area contributed by atoms with E-state index in [4.69, 9.17) is 10.1 Å². The number of methoxy groups -OCH3 is 1. The minimum absolute atomic E-state index is 0.322. The highest BCUT2D eigenvalue weighted by molar-refractivity contribution is 5.83. The summed E-state index contributed by atoms with van der Waals surface area (Å²) >= 11 is 0. The van der Waals surface area contributed by atoms with E-state index >= 15 is 0 Å². The first-order valence-electron chi connectivity index (χ1n) is 4.47. The summed E-state index contributed by atoms with van der Waals surface area (Å²) < 4.78 is 5.04. The molecular weight excluding hydrogens is 152 g/mol. The molecule has 0 aromatic carbocycles. The number of hydrogen-bond acceptors (Lipinski definition) is 2. The van der Waals surface area contributed by atoms with Gasteiger partial charge in [0.05, 0.1) is 18.5 Å². The maximum Gasteiger partial charge on any atom is 0.0990 e. The molecule has 70 valence electrons. The number of likely N-dealkylation sites (N-methyl/N-ethyl adjacent to an activating group) is 1. The number of amidine groups is 1. The second-order valence-electron chi connectivity index (χ2n) is 3.57. The minimum atomic E-state index is 0.322. The van der Waals surface area contributed by atoms with Crippen LogP contribution in [0.2, 0.25) is 0 Å². The Morgan fingerprint density at radius 2 is 2.25 bits per heavy atom. The molecule has 0 spiro atoms. The zero-order valence-electron chi connectivity index (χ0n) is 8.13. The van der Waals surface area contributed by atoms with Crippen LogP contribution < -0.4 is 0 Å². The van der Waals surface area contributed by atoms with E-state index in [-0.39, 0.29) is 0 Å². The highest BCUT2D eigenvalue weighted by atomic mass is 16.5. The molecular formula is C9H18N2O. The number of nitrogens with one attached hydrogen (secondary N) is 1. The number of hydrogen-bond donors (Lipinski definition) is 1. The van der Waals surface area contributed by atoms with Gasteiger partial charge in [-0.2, -0.15) is 0 Å². The largest absolute Gasteiger partial charge is 0.383 e. The van der Waals surface area contributed by atoms with Gasteiger partial charge >= 0.3 is 0 Å². The summed E-state index contributed by atoms with van der Waals surface area (Å²) in [5.74, 6) is 1.31. The molecule has 12 heavy (non-hydrogen) atoms. The van der Waals surface area contributed by atoms with Gasteiger partial charge in [-0.25, -0.2) is 0 Å². The van der Waals surface area contributed by atoms with E-state index in [1.165, 1.54) is 12.8 Å². The molecule has 0 aromatic rings. The van der Waals surface area contributed by atoms with E-state index in [1.807, 2.05) is 11.9 Å². The molecule has 3 heteroatoms. The Morgan fingerprint density at radius 1 is 1.67 bits per heavy atom. The predicted molar refractivity (Wildman–Crippen MR) is 49.6 cm³/mol. The first-order valence-corrected chi connectivity index (χ1v) is 4.47. The molecule has 0 aliphatic heterocycles. The Kier molecular flexibility index (Phi) is 3.09. The average Bonchev–Trinajstić information content (AvgIpc) is 2.84. The fourth-order valence-electron chi connectivity index (χ4n) is 1.24. The molecule has 1 unspecified atom stereocenters. The van der Waals surface area contributed by atoms with Crippen LogP contribution in [0, 0.1) is 11.3 Å². The molecule has 0 heterocycles. The van der Waals surface area contributed by atoms with Gasteiger partial charge in [0, 0.05) is 20.1 Å². The lowest BCUT2D eigenvalue weighted by atomic mass is 10.2. The van der Waals surface area contributed by atoms with Crippen molar-refractivity contribution in [1.29, 1.82) is 5.41 Å². The highest BCUT2D eigenvalue weighted by Crippen LogP contribution is 2.31. The van der Waals surface area contributed by atoms with Gasteiger partial charge in [0.25, 0.3) is 0 Å². The van der Waals surface area contributed by atoms with Gasteiger partial charge in [0.15, 0.2) is 0 Å². The van der Waals surface area contributed by atoms with Gasteiger partial charge < -0.3 is 9.64 Å². The van der Waals surface area contributed by atoms with Crippen LogP contribution in [0.15, 0.2) is 0 Å². The van der Waals surface area contributed by atoms with Crippen molar-refractivity contribution >= 4 is 5.84 Å². The van der Waals surface area contributed by atoms with Crippen molar-refractivity contribution in [3.63, 3.8) is 0 Å². The fraction of sp³-hybridized carbons (Fsp3) is 0.889. The summed E-state index contributed by atoms with van der Waals surface area (Å²) in [6.45, 7) is 2.78. The molecule has 0 bridgehead atoms. The van der Waals surface area contributed by atoms with E-state index < -0.39 is 0 Å². The third kappa shape index (κ3) is 2.21. The van der Waals surface area contributed by atoms with Gasteiger partial charge in [-0.05, 0) is 19.8 Å². The van der Waals surface area contributed by atoms with Gasteiger partial charge in [-0.1, -0.05) is 0 Å². The summed E-state index contributed by atoms with van der Waals surface area (Å²) in [6, 6.07) is 0.322. The normalized spacial score (nSPS) is 18.9. The zero-order valence-corrected chi connectivity index (χ0v) is 8.13. The maximum absolute atomic E-state index is 7.79. The molecule has 1 N–H and O–H groups in total. The van der Waals surface area contributed by atoms with Gasteiger partial charge in [-0.3, -0.25) is 5.41 Å². The predicted octanol–water partition coefficient (Wildman–Crippen LogP) is 1.34.